The molecule has 0 amide bonds. The lowest BCUT2D eigenvalue weighted by atomic mass is 9.82. The zero-order valence-electron chi connectivity index (χ0n) is 20.1. The molecule has 0 radical (unpaired) electrons. The van der Waals surface area contributed by atoms with E-state index in [1.54, 1.807) is 0 Å². The zero-order valence-corrected chi connectivity index (χ0v) is 20.1. The summed E-state index contributed by atoms with van der Waals surface area (Å²) in [5, 5.41) is 2.17. The van der Waals surface area contributed by atoms with E-state index >= 15 is 0 Å². The second-order valence-electron chi connectivity index (χ2n) is 10.2. The molecule has 0 saturated heterocycles. The van der Waals surface area contributed by atoms with Crippen LogP contribution < -0.4 is 0 Å². The highest BCUT2D eigenvalue weighted by molar-refractivity contribution is 6.10. The van der Waals surface area contributed by atoms with Crippen LogP contribution in [-0.4, -0.2) is 9.97 Å². The second kappa shape index (κ2) is 6.77. The molecular formula is C30H28N2O. The standard InChI is InChI=1S/C30H28N2O/c1-16(2)22-15-31-25(13-18(22)4)26-17(3)11-12-19-21-14-24-27(32-29(21)33-28(19)26)20-9-7-8-10-23(20)30(24,5)6/h7-16H,1-6H3. The predicted octanol–water partition coefficient (Wildman–Crippen LogP) is 8.09. The Morgan fingerprint density at radius 1 is 0.879 bits per heavy atom. The molecule has 0 fully saturated rings. The fraction of sp³-hybridized carbons (Fsp3) is 0.267. The van der Waals surface area contributed by atoms with Crippen LogP contribution in [0.25, 0.3) is 44.6 Å². The zero-order chi connectivity index (χ0) is 23.1. The minimum absolute atomic E-state index is 0.0877. The van der Waals surface area contributed by atoms with Crippen LogP contribution in [0.5, 0.6) is 0 Å². The topological polar surface area (TPSA) is 38.9 Å². The second-order valence-corrected chi connectivity index (χ2v) is 10.2. The van der Waals surface area contributed by atoms with Gasteiger partial charge in [-0.25, -0.2) is 4.98 Å². The third-order valence-corrected chi connectivity index (χ3v) is 7.40. The fourth-order valence-corrected chi connectivity index (χ4v) is 5.55. The lowest BCUT2D eigenvalue weighted by Gasteiger charge is -2.20. The monoisotopic (exact) mass is 432 g/mol. The van der Waals surface area contributed by atoms with Crippen molar-refractivity contribution in [2.45, 2.75) is 52.9 Å². The Hall–Kier alpha value is -3.46. The lowest BCUT2D eigenvalue weighted by Crippen LogP contribution is -2.14. The van der Waals surface area contributed by atoms with Crippen LogP contribution in [0.2, 0.25) is 0 Å². The van der Waals surface area contributed by atoms with Crippen LogP contribution in [0, 0.1) is 13.8 Å². The van der Waals surface area contributed by atoms with Crippen molar-refractivity contribution in [3.8, 4) is 22.5 Å². The number of fused-ring (bicyclic) bond motifs is 6. The molecule has 3 heteroatoms. The minimum Gasteiger partial charge on any atom is -0.437 e. The molecule has 0 spiro atoms. The predicted molar refractivity (Wildman–Crippen MR) is 136 cm³/mol. The van der Waals surface area contributed by atoms with E-state index in [0.29, 0.717) is 11.6 Å². The van der Waals surface area contributed by atoms with Crippen molar-refractivity contribution in [2.24, 2.45) is 0 Å². The molecule has 6 rings (SSSR count). The van der Waals surface area contributed by atoms with Gasteiger partial charge in [0.05, 0.1) is 11.4 Å². The van der Waals surface area contributed by atoms with Gasteiger partial charge in [-0.1, -0.05) is 64.1 Å². The highest BCUT2D eigenvalue weighted by Gasteiger charge is 2.37. The average molecular weight is 433 g/mol. The molecule has 0 aliphatic heterocycles. The molecule has 0 atom stereocenters. The molecule has 5 aromatic rings. The summed E-state index contributed by atoms with van der Waals surface area (Å²) in [6, 6.07) is 17.4. The SMILES string of the molecule is Cc1cc(-c2c(C)ccc3c2oc2nc4c(cc23)C(C)(C)c2ccccc2-4)ncc1C(C)C. The fourth-order valence-electron chi connectivity index (χ4n) is 5.55. The number of hydrogen-bond acceptors (Lipinski definition) is 3. The van der Waals surface area contributed by atoms with E-state index in [0.717, 1.165) is 38.9 Å². The molecule has 1 aliphatic rings. The smallest absolute Gasteiger partial charge is 0.227 e. The molecule has 0 saturated carbocycles. The molecule has 3 aromatic heterocycles. The van der Waals surface area contributed by atoms with Crippen LogP contribution in [0.4, 0.5) is 0 Å². The van der Waals surface area contributed by atoms with Crippen molar-refractivity contribution in [3.63, 3.8) is 0 Å². The largest absolute Gasteiger partial charge is 0.437 e. The summed E-state index contributed by atoms with van der Waals surface area (Å²) in [5.41, 5.74) is 12.0. The number of pyridine rings is 2. The van der Waals surface area contributed by atoms with Crippen molar-refractivity contribution in [1.29, 1.82) is 0 Å². The molecule has 3 nitrogen and oxygen atoms in total. The number of rotatable bonds is 2. The Balaban J connectivity index is 1.63. The van der Waals surface area contributed by atoms with Gasteiger partial charge in [0.25, 0.3) is 0 Å². The first-order valence-electron chi connectivity index (χ1n) is 11.7. The third-order valence-electron chi connectivity index (χ3n) is 7.40. The van der Waals surface area contributed by atoms with Crippen molar-refractivity contribution in [1.82, 2.24) is 9.97 Å². The van der Waals surface area contributed by atoms with Crippen LogP contribution in [0.15, 0.2) is 59.1 Å². The quantitative estimate of drug-likeness (QED) is 0.283. The van der Waals surface area contributed by atoms with Gasteiger partial charge in [0, 0.05) is 33.5 Å². The summed E-state index contributed by atoms with van der Waals surface area (Å²) in [7, 11) is 0. The number of aromatic nitrogens is 2. The molecule has 2 aromatic carbocycles. The van der Waals surface area contributed by atoms with Gasteiger partial charge in [0.15, 0.2) is 0 Å². The van der Waals surface area contributed by atoms with Gasteiger partial charge in [-0.15, -0.1) is 0 Å². The van der Waals surface area contributed by atoms with E-state index in [9.17, 15) is 0 Å². The van der Waals surface area contributed by atoms with Crippen molar-refractivity contribution in [3.05, 3.63) is 82.5 Å². The van der Waals surface area contributed by atoms with Gasteiger partial charge in [0.1, 0.15) is 5.58 Å². The maximum Gasteiger partial charge on any atom is 0.227 e. The Morgan fingerprint density at radius 2 is 1.67 bits per heavy atom. The van der Waals surface area contributed by atoms with E-state index < -0.39 is 0 Å². The van der Waals surface area contributed by atoms with Crippen molar-refractivity contribution in [2.75, 3.05) is 0 Å². The normalized spacial score (nSPS) is 14.3. The van der Waals surface area contributed by atoms with E-state index in [1.165, 1.54) is 27.8 Å². The number of hydrogen-bond donors (Lipinski definition) is 0. The van der Waals surface area contributed by atoms with Gasteiger partial charge < -0.3 is 4.42 Å². The number of nitrogens with zero attached hydrogens (tertiary/aromatic N) is 2. The molecular weight excluding hydrogens is 404 g/mol. The maximum absolute atomic E-state index is 6.49. The summed E-state index contributed by atoms with van der Waals surface area (Å²) in [6.45, 7) is 13.3. The Labute approximate surface area is 194 Å². The van der Waals surface area contributed by atoms with Gasteiger partial charge in [-0.05, 0) is 59.7 Å². The summed E-state index contributed by atoms with van der Waals surface area (Å²) in [5.74, 6) is 0.451. The number of aryl methyl sites for hydroxylation is 2. The van der Waals surface area contributed by atoms with Crippen LogP contribution in [-0.2, 0) is 5.41 Å². The first kappa shape index (κ1) is 20.2. The van der Waals surface area contributed by atoms with Gasteiger partial charge in [-0.3, -0.25) is 4.98 Å². The van der Waals surface area contributed by atoms with E-state index in [2.05, 4.69) is 90.1 Å². The highest BCUT2D eigenvalue weighted by atomic mass is 16.3. The van der Waals surface area contributed by atoms with Crippen molar-refractivity contribution >= 4 is 22.1 Å². The summed E-state index contributed by atoms with van der Waals surface area (Å²) >= 11 is 0. The average Bonchev–Trinajstić information content (AvgIpc) is 3.24. The van der Waals surface area contributed by atoms with Gasteiger partial charge in [0.2, 0.25) is 5.71 Å². The Bertz CT molecular complexity index is 1590. The first-order valence-corrected chi connectivity index (χ1v) is 11.7. The molecule has 0 bridgehead atoms. The van der Waals surface area contributed by atoms with E-state index in [4.69, 9.17) is 14.4 Å². The first-order chi connectivity index (χ1) is 15.8. The van der Waals surface area contributed by atoms with Gasteiger partial charge >= 0.3 is 0 Å². The molecule has 0 unspecified atom stereocenters. The van der Waals surface area contributed by atoms with Gasteiger partial charge in [-0.2, -0.15) is 0 Å². The molecule has 164 valence electrons. The number of furan rings is 1. The lowest BCUT2D eigenvalue weighted by molar-refractivity contribution is 0.647. The highest BCUT2D eigenvalue weighted by Crippen LogP contribution is 2.49. The van der Waals surface area contributed by atoms with Crippen molar-refractivity contribution < 1.29 is 4.42 Å². The Kier molecular flexibility index (Phi) is 4.14. The summed E-state index contributed by atoms with van der Waals surface area (Å²) in [4.78, 5) is 9.91. The third kappa shape index (κ3) is 2.75. The van der Waals surface area contributed by atoms with E-state index in [1.807, 2.05) is 6.20 Å². The van der Waals surface area contributed by atoms with Crippen LogP contribution in [0.3, 0.4) is 0 Å². The molecule has 1 aliphatic carbocycles. The summed E-state index contributed by atoms with van der Waals surface area (Å²) in [6.07, 6.45) is 2.02. The molecule has 0 N–H and O–H groups in total. The Morgan fingerprint density at radius 3 is 2.42 bits per heavy atom. The maximum atomic E-state index is 6.49. The minimum atomic E-state index is -0.0877. The summed E-state index contributed by atoms with van der Waals surface area (Å²) < 4.78 is 6.49. The molecule has 33 heavy (non-hydrogen) atoms. The van der Waals surface area contributed by atoms with E-state index in [-0.39, 0.29) is 5.41 Å². The number of benzene rings is 2. The van der Waals surface area contributed by atoms with Crippen LogP contribution in [0.1, 0.15) is 61.4 Å². The molecule has 3 heterocycles. The van der Waals surface area contributed by atoms with Crippen LogP contribution >= 0.6 is 0 Å².